The number of unbranched alkanes of at least 4 members (excludes halogenated alkanes) is 53. The maximum atomic E-state index is 10.3. The van der Waals surface area contributed by atoms with Crippen molar-refractivity contribution >= 4 is 23.9 Å². The molecule has 0 aliphatic heterocycles. The number of carboxylic acid groups (broad SMARTS) is 4. The highest BCUT2D eigenvalue weighted by Gasteiger charge is 2.01. The fourth-order valence-electron chi connectivity index (χ4n) is 10.3. The van der Waals surface area contributed by atoms with Gasteiger partial charge in [-0.05, 0) is 51.4 Å². The summed E-state index contributed by atoms with van der Waals surface area (Å²) in [5, 5.41) is 34.1. The Balaban J connectivity index is -0.000000481. The molecule has 0 unspecified atom stereocenters. The number of hydrogen-bond acceptors (Lipinski definition) is 4. The summed E-state index contributed by atoms with van der Waals surface area (Å²) in [5.74, 6) is -2.62. The first-order valence-corrected chi connectivity index (χ1v) is 35.6. The van der Waals surface area contributed by atoms with Gasteiger partial charge in [0.2, 0.25) is 0 Å². The van der Waals surface area contributed by atoms with Crippen LogP contribution in [0.4, 0.5) is 0 Å². The molecule has 8 nitrogen and oxygen atoms in total. The van der Waals surface area contributed by atoms with Crippen LogP contribution in [-0.2, 0) is 19.2 Å². The molecular weight excluding hydrogens is 993 g/mol. The highest BCUT2D eigenvalue weighted by atomic mass is 16.4. The Morgan fingerprint density at radius 2 is 0.300 bits per heavy atom. The minimum absolute atomic E-state index is 0.332. The summed E-state index contributed by atoms with van der Waals surface area (Å²) in [5.41, 5.74) is 0. The van der Waals surface area contributed by atoms with Crippen LogP contribution in [0.5, 0.6) is 0 Å². The Labute approximate surface area is 499 Å². The van der Waals surface area contributed by atoms with Crippen LogP contribution in [0, 0.1) is 0 Å². The SMILES string of the molecule is CCCCCCCC/C=C\CCCCCCCC(=O)O.CCCCCCCCCCCCCCCCCC(=O)O.CCCCCCCCCCCCCCCCCC(=O)O.CCCCCCCCCCCCCCCCCC(=O)O. The second kappa shape index (κ2) is 80.8. The van der Waals surface area contributed by atoms with E-state index in [1.54, 1.807) is 0 Å². The van der Waals surface area contributed by atoms with E-state index in [1.807, 2.05) is 0 Å². The third-order valence-corrected chi connectivity index (χ3v) is 15.6. The minimum atomic E-state index is -0.664. The molecule has 0 rings (SSSR count). The van der Waals surface area contributed by atoms with Crippen LogP contribution in [0.3, 0.4) is 0 Å². The van der Waals surface area contributed by atoms with Crippen LogP contribution in [0.25, 0.3) is 0 Å². The molecule has 0 fully saturated rings. The van der Waals surface area contributed by atoms with Crippen molar-refractivity contribution in [3.63, 3.8) is 0 Å². The summed E-state index contributed by atoms with van der Waals surface area (Å²) in [7, 11) is 0. The van der Waals surface area contributed by atoms with E-state index >= 15 is 0 Å². The fraction of sp³-hybridized carbons (Fsp3) is 0.917. The zero-order chi connectivity index (χ0) is 59.6. The summed E-state index contributed by atoms with van der Waals surface area (Å²) in [6.45, 7) is 9.07. The average molecular weight is 1140 g/mol. The van der Waals surface area contributed by atoms with E-state index in [2.05, 4.69) is 39.8 Å². The van der Waals surface area contributed by atoms with Gasteiger partial charge < -0.3 is 20.4 Å². The van der Waals surface area contributed by atoms with Crippen molar-refractivity contribution in [1.82, 2.24) is 0 Å². The van der Waals surface area contributed by atoms with E-state index < -0.39 is 23.9 Å². The van der Waals surface area contributed by atoms with E-state index in [1.165, 1.54) is 321 Å². The maximum Gasteiger partial charge on any atom is 0.303 e. The van der Waals surface area contributed by atoms with Crippen molar-refractivity contribution in [1.29, 1.82) is 0 Å². The summed E-state index contributed by atoms with van der Waals surface area (Å²) < 4.78 is 0. The summed E-state index contributed by atoms with van der Waals surface area (Å²) in [4.78, 5) is 41.3. The van der Waals surface area contributed by atoms with Crippen molar-refractivity contribution in [3.8, 4) is 0 Å². The molecule has 8 heteroatoms. The van der Waals surface area contributed by atoms with Crippen molar-refractivity contribution in [2.24, 2.45) is 0 Å². The Morgan fingerprint density at radius 3 is 0.425 bits per heavy atom. The lowest BCUT2D eigenvalue weighted by Crippen LogP contribution is -1.93. The second-order valence-electron chi connectivity index (χ2n) is 24.0. The molecule has 0 aromatic rings. The van der Waals surface area contributed by atoms with Crippen LogP contribution in [0.1, 0.15) is 426 Å². The molecule has 0 saturated heterocycles. The number of rotatable bonds is 63. The molecule has 0 aromatic heterocycles. The third-order valence-electron chi connectivity index (χ3n) is 15.6. The number of hydrogen-bond donors (Lipinski definition) is 4. The molecule has 478 valence electrons. The molecule has 80 heavy (non-hydrogen) atoms. The number of allylic oxidation sites excluding steroid dienone is 2. The Bertz CT molecular complexity index is 1100. The van der Waals surface area contributed by atoms with Gasteiger partial charge in [-0.1, -0.05) is 361 Å². The van der Waals surface area contributed by atoms with Gasteiger partial charge >= 0.3 is 23.9 Å². The van der Waals surface area contributed by atoms with Gasteiger partial charge in [0.05, 0.1) is 0 Å². The van der Waals surface area contributed by atoms with E-state index in [-0.39, 0.29) is 0 Å². The molecule has 0 bridgehead atoms. The van der Waals surface area contributed by atoms with Gasteiger partial charge in [0.1, 0.15) is 0 Å². The van der Waals surface area contributed by atoms with Crippen LogP contribution in [0.2, 0.25) is 0 Å². The average Bonchev–Trinajstić information content (AvgIpc) is 3.43. The monoisotopic (exact) mass is 1140 g/mol. The van der Waals surface area contributed by atoms with Crippen molar-refractivity contribution < 1.29 is 39.6 Å². The third kappa shape index (κ3) is 97.8. The zero-order valence-electron chi connectivity index (χ0n) is 54.4. The van der Waals surface area contributed by atoms with Crippen LogP contribution >= 0.6 is 0 Å². The molecule has 0 spiro atoms. The van der Waals surface area contributed by atoms with Gasteiger partial charge in [0.25, 0.3) is 0 Å². The summed E-state index contributed by atoms with van der Waals surface area (Å²) in [6.07, 6.45) is 81.8. The van der Waals surface area contributed by atoms with Crippen LogP contribution in [0.15, 0.2) is 12.2 Å². The Kier molecular flexibility index (Phi) is 85.0. The second-order valence-corrected chi connectivity index (χ2v) is 24.0. The molecular formula is C72H142O8. The highest BCUT2D eigenvalue weighted by molar-refractivity contribution is 5.67. The first kappa shape index (κ1) is 84.1. The minimum Gasteiger partial charge on any atom is -0.481 e. The van der Waals surface area contributed by atoms with Gasteiger partial charge in [-0.2, -0.15) is 0 Å². The molecule has 0 aromatic carbocycles. The van der Waals surface area contributed by atoms with Crippen molar-refractivity contribution in [3.05, 3.63) is 12.2 Å². The van der Waals surface area contributed by atoms with Gasteiger partial charge in [-0.25, -0.2) is 0 Å². The normalized spacial score (nSPS) is 10.9. The first-order chi connectivity index (χ1) is 39.1. The van der Waals surface area contributed by atoms with E-state index in [0.717, 1.165) is 51.4 Å². The highest BCUT2D eigenvalue weighted by Crippen LogP contribution is 2.17. The molecule has 0 saturated carbocycles. The summed E-state index contributed by atoms with van der Waals surface area (Å²) >= 11 is 0. The van der Waals surface area contributed by atoms with Gasteiger partial charge in [-0.3, -0.25) is 19.2 Å². The molecule has 0 aliphatic carbocycles. The number of carbonyl (C=O) groups is 4. The lowest BCUT2D eigenvalue weighted by Gasteiger charge is -2.03. The molecule has 0 atom stereocenters. The molecule has 0 aliphatic rings. The topological polar surface area (TPSA) is 149 Å². The summed E-state index contributed by atoms with van der Waals surface area (Å²) in [6, 6.07) is 0. The predicted molar refractivity (Wildman–Crippen MR) is 349 cm³/mol. The van der Waals surface area contributed by atoms with E-state index in [4.69, 9.17) is 20.4 Å². The number of carboxylic acids is 4. The molecule has 0 heterocycles. The quantitative estimate of drug-likeness (QED) is 0.0347. The van der Waals surface area contributed by atoms with Gasteiger partial charge in [0.15, 0.2) is 0 Å². The lowest BCUT2D eigenvalue weighted by molar-refractivity contribution is -0.138. The zero-order valence-corrected chi connectivity index (χ0v) is 54.4. The fourth-order valence-corrected chi connectivity index (χ4v) is 10.3. The standard InChI is InChI=1S/3C18H36O2.C18H34O2/c4*1-2-3-4-5-6-7-8-9-10-11-12-13-14-15-16-17-18(19)20/h3*2-17H2,1H3,(H,19,20);9-10H,2-8,11-17H2,1H3,(H,19,20)/b;;;10-9-. The van der Waals surface area contributed by atoms with Crippen molar-refractivity contribution in [2.75, 3.05) is 0 Å². The van der Waals surface area contributed by atoms with E-state index in [9.17, 15) is 19.2 Å². The molecule has 4 N–H and O–H groups in total. The number of aliphatic carboxylic acids is 4. The lowest BCUT2D eigenvalue weighted by atomic mass is 10.0. The van der Waals surface area contributed by atoms with E-state index in [0.29, 0.717) is 25.7 Å². The first-order valence-electron chi connectivity index (χ1n) is 35.6. The van der Waals surface area contributed by atoms with Gasteiger partial charge in [0, 0.05) is 25.7 Å². The van der Waals surface area contributed by atoms with Crippen LogP contribution in [-0.4, -0.2) is 44.3 Å². The largest absolute Gasteiger partial charge is 0.481 e. The molecule has 0 amide bonds. The Morgan fingerprint density at radius 1 is 0.188 bits per heavy atom. The van der Waals surface area contributed by atoms with Crippen molar-refractivity contribution in [2.45, 2.75) is 426 Å². The van der Waals surface area contributed by atoms with Gasteiger partial charge in [-0.15, -0.1) is 0 Å². The smallest absolute Gasteiger partial charge is 0.303 e. The van der Waals surface area contributed by atoms with Crippen LogP contribution < -0.4 is 0 Å². The Hall–Kier alpha value is -2.38. The molecule has 0 radical (unpaired) electrons. The maximum absolute atomic E-state index is 10.3. The predicted octanol–water partition coefficient (Wildman–Crippen LogP) is 25.1.